The second kappa shape index (κ2) is 5.42. The van der Waals surface area contributed by atoms with Gasteiger partial charge in [-0.25, -0.2) is 0 Å². The van der Waals surface area contributed by atoms with Crippen LogP contribution in [-0.2, 0) is 13.9 Å². The van der Waals surface area contributed by atoms with Crippen LogP contribution in [-0.4, -0.2) is 23.2 Å². The average Bonchev–Trinajstić information content (AvgIpc) is 1.99. The van der Waals surface area contributed by atoms with E-state index in [0.29, 0.717) is 0 Å². The van der Waals surface area contributed by atoms with Crippen molar-refractivity contribution in [3.05, 3.63) is 0 Å². The Bertz CT molecular complexity index is 207. The van der Waals surface area contributed by atoms with Crippen molar-refractivity contribution in [2.24, 2.45) is 0 Å². The molecule has 0 aliphatic carbocycles. The van der Waals surface area contributed by atoms with Gasteiger partial charge in [-0.15, -0.1) is 0 Å². The van der Waals surface area contributed by atoms with Crippen molar-refractivity contribution in [3.8, 4) is 0 Å². The van der Waals surface area contributed by atoms with Crippen molar-refractivity contribution in [1.82, 2.24) is 0 Å². The predicted octanol–water partition coefficient (Wildman–Crippen LogP) is 1.39. The van der Waals surface area contributed by atoms with E-state index in [1.807, 2.05) is 0 Å². The number of hydrogen-bond donors (Lipinski definition) is 1. The summed E-state index contributed by atoms with van der Waals surface area (Å²) >= 11 is 0. The maximum atomic E-state index is 12.7. The monoisotopic (exact) mass is 216 g/mol. The zero-order chi connectivity index (χ0) is 10.5. The molecular weight excluding hydrogens is 205 g/mol. The van der Waals surface area contributed by atoms with Gasteiger partial charge in [0.05, 0.1) is 0 Å². The van der Waals surface area contributed by atoms with Crippen LogP contribution in [0.15, 0.2) is 0 Å². The van der Waals surface area contributed by atoms with Gasteiger partial charge >= 0.3 is 14.2 Å². The molecule has 4 nitrogen and oxygen atoms in total. The molecule has 0 rings (SSSR count). The molecule has 0 aromatic heterocycles. The molecule has 7 heteroatoms. The fourth-order valence-corrected chi connectivity index (χ4v) is 0.941. The third kappa shape index (κ3) is 5.08. The summed E-state index contributed by atoms with van der Waals surface area (Å²) < 4.78 is 39.2. The highest BCUT2D eigenvalue weighted by atomic mass is 31.1. The Kier molecular flexibility index (Phi) is 5.29. The van der Waals surface area contributed by atoms with Gasteiger partial charge in [0.25, 0.3) is 0 Å². The standard InChI is InChI=1S/C6H11F2O4P/c1-2-3-6(7,8)5(9)4-12-13(10)11/h13H,2-4H2,1H3,(H,10,11). The highest BCUT2D eigenvalue weighted by Gasteiger charge is 2.37. The minimum atomic E-state index is -3.45. The molecule has 0 saturated carbocycles. The minimum absolute atomic E-state index is 0.160. The number of rotatable bonds is 6. The maximum absolute atomic E-state index is 12.7. The first-order chi connectivity index (χ1) is 5.90. The average molecular weight is 216 g/mol. The Morgan fingerprint density at radius 1 is 1.62 bits per heavy atom. The first-order valence-corrected chi connectivity index (χ1v) is 4.93. The Morgan fingerprint density at radius 3 is 2.54 bits per heavy atom. The molecule has 0 aromatic carbocycles. The van der Waals surface area contributed by atoms with Gasteiger partial charge in [0.1, 0.15) is 6.61 Å². The third-order valence-electron chi connectivity index (χ3n) is 1.30. The summed E-state index contributed by atoms with van der Waals surface area (Å²) in [6.07, 6.45) is -0.408. The summed E-state index contributed by atoms with van der Waals surface area (Å²) in [5.41, 5.74) is 0. The Hall–Kier alpha value is -0.320. The van der Waals surface area contributed by atoms with Crippen LogP contribution in [0.2, 0.25) is 0 Å². The molecule has 78 valence electrons. The normalized spacial score (nSPS) is 14.2. The Balaban J connectivity index is 4.01. The van der Waals surface area contributed by atoms with Crippen LogP contribution in [0.4, 0.5) is 8.78 Å². The summed E-state index contributed by atoms with van der Waals surface area (Å²) in [6.45, 7) is 0.498. The molecule has 0 saturated heterocycles. The van der Waals surface area contributed by atoms with E-state index in [0.717, 1.165) is 0 Å². The van der Waals surface area contributed by atoms with Crippen molar-refractivity contribution in [2.45, 2.75) is 25.7 Å². The van der Waals surface area contributed by atoms with E-state index in [-0.39, 0.29) is 6.42 Å². The van der Waals surface area contributed by atoms with E-state index in [4.69, 9.17) is 4.89 Å². The molecule has 0 aromatic rings. The van der Waals surface area contributed by atoms with Gasteiger partial charge in [0, 0.05) is 6.42 Å². The molecule has 0 spiro atoms. The lowest BCUT2D eigenvalue weighted by Gasteiger charge is -2.12. The zero-order valence-electron chi connectivity index (χ0n) is 7.05. The molecule has 0 radical (unpaired) electrons. The summed E-state index contributed by atoms with van der Waals surface area (Å²) in [5, 5.41) is 0. The first kappa shape index (κ1) is 12.7. The molecule has 0 fully saturated rings. The van der Waals surface area contributed by atoms with E-state index in [2.05, 4.69) is 4.52 Å². The molecule has 1 atom stereocenters. The minimum Gasteiger partial charge on any atom is -0.326 e. The number of halogens is 2. The molecule has 1 N–H and O–H groups in total. The number of Topliss-reactive ketones (excluding diaryl/α,β-unsaturated/α-hetero) is 1. The lowest BCUT2D eigenvalue weighted by Crippen LogP contribution is -2.31. The quantitative estimate of drug-likeness (QED) is 0.681. The number of alkyl halides is 2. The molecule has 0 amide bonds. The molecule has 0 bridgehead atoms. The fraction of sp³-hybridized carbons (Fsp3) is 0.833. The van der Waals surface area contributed by atoms with Crippen molar-refractivity contribution in [3.63, 3.8) is 0 Å². The Morgan fingerprint density at radius 2 is 2.15 bits per heavy atom. The van der Waals surface area contributed by atoms with Crippen molar-refractivity contribution in [1.29, 1.82) is 0 Å². The van der Waals surface area contributed by atoms with Gasteiger partial charge < -0.3 is 9.42 Å². The predicted molar refractivity (Wildman–Crippen MR) is 42.0 cm³/mol. The fourth-order valence-electron chi connectivity index (χ4n) is 0.686. The number of carbonyl (C=O) groups is 1. The van der Waals surface area contributed by atoms with Gasteiger partial charge in [-0.05, 0) is 6.42 Å². The molecule has 1 unspecified atom stereocenters. The summed E-state index contributed by atoms with van der Waals surface area (Å²) in [7, 11) is -3.31. The van der Waals surface area contributed by atoms with E-state index >= 15 is 0 Å². The topological polar surface area (TPSA) is 63.6 Å². The highest BCUT2D eigenvalue weighted by Crippen LogP contribution is 2.23. The molecule has 13 heavy (non-hydrogen) atoms. The van der Waals surface area contributed by atoms with Crippen molar-refractivity contribution >= 4 is 14.0 Å². The molecule has 0 aliphatic rings. The third-order valence-corrected chi connectivity index (χ3v) is 1.69. The van der Waals surface area contributed by atoms with E-state index < -0.39 is 33.0 Å². The zero-order valence-corrected chi connectivity index (χ0v) is 8.05. The smallest absolute Gasteiger partial charge is 0.317 e. The van der Waals surface area contributed by atoms with Crippen LogP contribution < -0.4 is 0 Å². The summed E-state index contributed by atoms with van der Waals surface area (Å²) in [4.78, 5) is 18.8. The Labute approximate surface area is 74.8 Å². The van der Waals surface area contributed by atoms with E-state index in [9.17, 15) is 18.1 Å². The second-order valence-corrected chi connectivity index (χ2v) is 3.25. The summed E-state index contributed by atoms with van der Waals surface area (Å²) in [6, 6.07) is 0. The van der Waals surface area contributed by atoms with Gasteiger partial charge in [-0.3, -0.25) is 9.36 Å². The van der Waals surface area contributed by atoms with Gasteiger partial charge in [0.2, 0.25) is 5.78 Å². The molecular formula is C6H11F2O4P. The lowest BCUT2D eigenvalue weighted by molar-refractivity contribution is -0.146. The van der Waals surface area contributed by atoms with Crippen LogP contribution >= 0.6 is 8.25 Å². The van der Waals surface area contributed by atoms with Crippen LogP contribution in [0.1, 0.15) is 19.8 Å². The summed E-state index contributed by atoms with van der Waals surface area (Å²) in [5.74, 6) is -4.91. The van der Waals surface area contributed by atoms with Crippen LogP contribution in [0.3, 0.4) is 0 Å². The number of ketones is 1. The highest BCUT2D eigenvalue weighted by molar-refractivity contribution is 7.32. The van der Waals surface area contributed by atoms with Crippen LogP contribution in [0.25, 0.3) is 0 Å². The van der Waals surface area contributed by atoms with Crippen LogP contribution in [0.5, 0.6) is 0 Å². The molecule has 0 aliphatic heterocycles. The van der Waals surface area contributed by atoms with Crippen molar-refractivity contribution < 1.29 is 27.6 Å². The maximum Gasteiger partial charge on any atom is 0.317 e. The van der Waals surface area contributed by atoms with Gasteiger partial charge in [0.15, 0.2) is 0 Å². The van der Waals surface area contributed by atoms with E-state index in [1.165, 1.54) is 6.92 Å². The molecule has 0 heterocycles. The number of carbonyl (C=O) groups excluding carboxylic acids is 1. The number of hydrogen-bond acceptors (Lipinski definition) is 3. The van der Waals surface area contributed by atoms with Gasteiger partial charge in [-0.1, -0.05) is 6.92 Å². The van der Waals surface area contributed by atoms with Crippen molar-refractivity contribution in [2.75, 3.05) is 6.61 Å². The first-order valence-electron chi connectivity index (χ1n) is 3.67. The second-order valence-electron chi connectivity index (χ2n) is 2.43. The lowest BCUT2D eigenvalue weighted by atomic mass is 10.1. The van der Waals surface area contributed by atoms with E-state index in [1.54, 1.807) is 0 Å². The van der Waals surface area contributed by atoms with Gasteiger partial charge in [-0.2, -0.15) is 8.78 Å². The SMILES string of the molecule is CCCC(F)(F)C(=O)CO[PH](=O)O. The largest absolute Gasteiger partial charge is 0.326 e. The van der Waals surface area contributed by atoms with Crippen LogP contribution in [0, 0.1) is 0 Å².